The van der Waals surface area contributed by atoms with Gasteiger partial charge in [0.1, 0.15) is 6.61 Å². The standard InChI is InChI=1S/C18H21NO7/c20-15(21)7-3-4-8-16(22)26-12-11-25-10-9-19-17(23)13-5-1-2-6-14(13)18(19)24/h1-2,5-6H,3-4,7-12H2,(H,20,21). The molecule has 0 aliphatic carbocycles. The van der Waals surface area contributed by atoms with Crippen LogP contribution in [0.25, 0.3) is 0 Å². The molecule has 2 rings (SSSR count). The fraction of sp³-hybridized carbons (Fsp3) is 0.444. The van der Waals surface area contributed by atoms with Crippen LogP contribution in [0.1, 0.15) is 46.4 Å². The van der Waals surface area contributed by atoms with Crippen molar-refractivity contribution in [3.05, 3.63) is 35.4 Å². The van der Waals surface area contributed by atoms with Crippen molar-refractivity contribution in [2.75, 3.05) is 26.4 Å². The molecule has 2 amide bonds. The van der Waals surface area contributed by atoms with Gasteiger partial charge < -0.3 is 14.6 Å². The number of benzene rings is 1. The summed E-state index contributed by atoms with van der Waals surface area (Å²) in [6, 6.07) is 6.65. The zero-order chi connectivity index (χ0) is 18.9. The number of carbonyl (C=O) groups is 4. The number of unbranched alkanes of at least 4 members (excludes halogenated alkanes) is 1. The molecule has 8 heteroatoms. The van der Waals surface area contributed by atoms with Crippen molar-refractivity contribution in [3.8, 4) is 0 Å². The van der Waals surface area contributed by atoms with Gasteiger partial charge in [-0.15, -0.1) is 0 Å². The number of esters is 1. The molecule has 140 valence electrons. The second kappa shape index (κ2) is 9.67. The summed E-state index contributed by atoms with van der Waals surface area (Å²) in [4.78, 5) is 47.1. The van der Waals surface area contributed by atoms with Crippen molar-refractivity contribution in [1.82, 2.24) is 4.90 Å². The molecule has 1 aliphatic heterocycles. The Kier molecular flexibility index (Phi) is 7.28. The van der Waals surface area contributed by atoms with Crippen LogP contribution >= 0.6 is 0 Å². The Morgan fingerprint density at radius 2 is 1.54 bits per heavy atom. The minimum Gasteiger partial charge on any atom is -0.481 e. The van der Waals surface area contributed by atoms with E-state index < -0.39 is 11.9 Å². The van der Waals surface area contributed by atoms with Crippen LogP contribution in [0.15, 0.2) is 24.3 Å². The molecule has 0 saturated carbocycles. The first-order chi connectivity index (χ1) is 12.5. The summed E-state index contributed by atoms with van der Waals surface area (Å²) >= 11 is 0. The van der Waals surface area contributed by atoms with E-state index in [1.807, 2.05) is 0 Å². The number of carbonyl (C=O) groups excluding carboxylic acids is 3. The summed E-state index contributed by atoms with van der Waals surface area (Å²) in [5, 5.41) is 8.49. The zero-order valence-electron chi connectivity index (χ0n) is 14.3. The topological polar surface area (TPSA) is 110 Å². The van der Waals surface area contributed by atoms with Crippen LogP contribution in [0.2, 0.25) is 0 Å². The number of amides is 2. The average Bonchev–Trinajstić information content (AvgIpc) is 2.86. The number of carboxylic acid groups (broad SMARTS) is 1. The van der Waals surface area contributed by atoms with Gasteiger partial charge >= 0.3 is 11.9 Å². The van der Waals surface area contributed by atoms with Crippen molar-refractivity contribution in [3.63, 3.8) is 0 Å². The first kappa shape index (κ1) is 19.6. The van der Waals surface area contributed by atoms with Gasteiger partial charge in [-0.3, -0.25) is 24.1 Å². The number of hydrogen-bond donors (Lipinski definition) is 1. The van der Waals surface area contributed by atoms with E-state index in [4.69, 9.17) is 14.6 Å². The van der Waals surface area contributed by atoms with Gasteiger partial charge in [0.25, 0.3) is 11.8 Å². The Balaban J connectivity index is 1.56. The van der Waals surface area contributed by atoms with E-state index in [1.54, 1.807) is 24.3 Å². The molecule has 0 aromatic heterocycles. The van der Waals surface area contributed by atoms with Crippen molar-refractivity contribution < 1.29 is 33.8 Å². The Bertz CT molecular complexity index is 651. The molecule has 1 aliphatic rings. The summed E-state index contributed by atoms with van der Waals surface area (Å²) in [6.07, 6.45) is 1.10. The van der Waals surface area contributed by atoms with Crippen LogP contribution in [0, 0.1) is 0 Å². The lowest BCUT2D eigenvalue weighted by Crippen LogP contribution is -2.33. The predicted octanol–water partition coefficient (Wildman–Crippen LogP) is 1.49. The molecule has 1 aromatic carbocycles. The molecule has 8 nitrogen and oxygen atoms in total. The third-order valence-corrected chi connectivity index (χ3v) is 3.85. The second-order valence-electron chi connectivity index (χ2n) is 5.74. The largest absolute Gasteiger partial charge is 0.481 e. The van der Waals surface area contributed by atoms with Gasteiger partial charge in [-0.2, -0.15) is 0 Å². The highest BCUT2D eigenvalue weighted by atomic mass is 16.6. The number of ether oxygens (including phenoxy) is 2. The molecule has 0 unspecified atom stereocenters. The molecule has 0 radical (unpaired) electrons. The summed E-state index contributed by atoms with van der Waals surface area (Å²) in [5.74, 6) is -1.95. The quantitative estimate of drug-likeness (QED) is 0.360. The Morgan fingerprint density at radius 1 is 0.923 bits per heavy atom. The molecule has 26 heavy (non-hydrogen) atoms. The Hall–Kier alpha value is -2.74. The van der Waals surface area contributed by atoms with E-state index in [2.05, 4.69) is 0 Å². The smallest absolute Gasteiger partial charge is 0.305 e. The SMILES string of the molecule is O=C(O)CCCCC(=O)OCCOCCN1C(=O)c2ccccc2C1=O. The number of aliphatic carboxylic acids is 1. The maximum absolute atomic E-state index is 12.1. The lowest BCUT2D eigenvalue weighted by Gasteiger charge is -2.13. The Morgan fingerprint density at radius 3 is 2.15 bits per heavy atom. The molecular weight excluding hydrogens is 342 g/mol. The highest BCUT2D eigenvalue weighted by molar-refractivity contribution is 6.21. The lowest BCUT2D eigenvalue weighted by atomic mass is 10.1. The van der Waals surface area contributed by atoms with Crippen LogP contribution in [0.4, 0.5) is 0 Å². The van der Waals surface area contributed by atoms with Crippen LogP contribution in [0.5, 0.6) is 0 Å². The highest BCUT2D eigenvalue weighted by Crippen LogP contribution is 2.21. The van der Waals surface area contributed by atoms with E-state index >= 15 is 0 Å². The van der Waals surface area contributed by atoms with Gasteiger partial charge in [0.05, 0.1) is 30.9 Å². The first-order valence-electron chi connectivity index (χ1n) is 8.41. The number of hydrogen-bond acceptors (Lipinski definition) is 6. The number of imide groups is 1. The van der Waals surface area contributed by atoms with Gasteiger partial charge in [0.15, 0.2) is 0 Å². The number of nitrogens with zero attached hydrogens (tertiary/aromatic N) is 1. The summed E-state index contributed by atoms with van der Waals surface area (Å²) < 4.78 is 10.3. The van der Waals surface area contributed by atoms with Gasteiger partial charge in [-0.1, -0.05) is 12.1 Å². The monoisotopic (exact) mass is 363 g/mol. The highest BCUT2D eigenvalue weighted by Gasteiger charge is 2.34. The molecule has 0 fully saturated rings. The number of rotatable bonds is 11. The maximum atomic E-state index is 12.1. The normalized spacial score (nSPS) is 13.0. The minimum atomic E-state index is -0.884. The second-order valence-corrected chi connectivity index (χ2v) is 5.74. The van der Waals surface area contributed by atoms with Crippen LogP contribution in [-0.2, 0) is 19.1 Å². The van der Waals surface area contributed by atoms with Crippen molar-refractivity contribution in [2.24, 2.45) is 0 Å². The van der Waals surface area contributed by atoms with Gasteiger partial charge in [-0.05, 0) is 25.0 Å². The van der Waals surface area contributed by atoms with E-state index in [1.165, 1.54) is 0 Å². The van der Waals surface area contributed by atoms with Crippen LogP contribution in [0.3, 0.4) is 0 Å². The van der Waals surface area contributed by atoms with Crippen LogP contribution in [-0.4, -0.2) is 60.1 Å². The van der Waals surface area contributed by atoms with Gasteiger partial charge in [0, 0.05) is 12.8 Å². The molecule has 1 heterocycles. The third-order valence-electron chi connectivity index (χ3n) is 3.85. The van der Waals surface area contributed by atoms with E-state index in [0.717, 1.165) is 4.90 Å². The van der Waals surface area contributed by atoms with Gasteiger partial charge in [-0.25, -0.2) is 0 Å². The molecule has 1 N–H and O–H groups in total. The van der Waals surface area contributed by atoms with Crippen molar-refractivity contribution >= 4 is 23.8 Å². The van der Waals surface area contributed by atoms with E-state index in [-0.39, 0.29) is 51.0 Å². The van der Waals surface area contributed by atoms with E-state index in [0.29, 0.717) is 24.0 Å². The van der Waals surface area contributed by atoms with E-state index in [9.17, 15) is 19.2 Å². The Labute approximate surface area is 150 Å². The van der Waals surface area contributed by atoms with Crippen molar-refractivity contribution in [1.29, 1.82) is 0 Å². The fourth-order valence-corrected chi connectivity index (χ4v) is 2.53. The first-order valence-corrected chi connectivity index (χ1v) is 8.41. The zero-order valence-corrected chi connectivity index (χ0v) is 14.3. The summed E-state index contributed by atoms with van der Waals surface area (Å²) in [6.45, 7) is 0.515. The minimum absolute atomic E-state index is 0.0359. The number of carboxylic acids is 1. The molecule has 0 spiro atoms. The molecular formula is C18H21NO7. The lowest BCUT2D eigenvalue weighted by molar-refractivity contribution is -0.145. The summed E-state index contributed by atoms with van der Waals surface area (Å²) in [7, 11) is 0. The molecule has 0 atom stereocenters. The van der Waals surface area contributed by atoms with Crippen molar-refractivity contribution in [2.45, 2.75) is 25.7 Å². The van der Waals surface area contributed by atoms with Crippen LogP contribution < -0.4 is 0 Å². The molecule has 0 saturated heterocycles. The maximum Gasteiger partial charge on any atom is 0.305 e. The summed E-state index contributed by atoms with van der Waals surface area (Å²) in [5.41, 5.74) is 0.795. The van der Waals surface area contributed by atoms with Gasteiger partial charge in [0.2, 0.25) is 0 Å². The predicted molar refractivity (Wildman–Crippen MR) is 89.7 cm³/mol. The molecule has 0 bridgehead atoms. The fourth-order valence-electron chi connectivity index (χ4n) is 2.53. The average molecular weight is 363 g/mol. The third kappa shape index (κ3) is 5.38. The molecule has 1 aromatic rings. The number of fused-ring (bicyclic) bond motifs is 1.